The zero-order valence-corrected chi connectivity index (χ0v) is 15.0. The number of carbonyl (C=O) groups is 2. The molecule has 7 heteroatoms. The minimum Gasteiger partial charge on any atom is -0.446 e. The van der Waals surface area contributed by atoms with Crippen molar-refractivity contribution in [3.8, 4) is 0 Å². The van der Waals surface area contributed by atoms with Crippen molar-refractivity contribution in [1.82, 2.24) is 4.90 Å². The lowest BCUT2D eigenvalue weighted by Gasteiger charge is -2.24. The topological polar surface area (TPSA) is 66.8 Å². The largest absolute Gasteiger partial charge is 0.446 e. The SMILES string of the molecule is C=C(C[C@H](CO)C(=O)N1C(=O)OC[C@@H]1c1ccccc1)c1ccc(F)cc1F. The quantitative estimate of drug-likeness (QED) is 0.821. The van der Waals surface area contributed by atoms with Gasteiger partial charge >= 0.3 is 6.09 Å². The van der Waals surface area contributed by atoms with Crippen molar-refractivity contribution in [2.45, 2.75) is 12.5 Å². The number of benzene rings is 2. The fourth-order valence-electron chi connectivity index (χ4n) is 3.20. The molecule has 2 amide bonds. The lowest BCUT2D eigenvalue weighted by atomic mass is 9.93. The summed E-state index contributed by atoms with van der Waals surface area (Å²) in [4.78, 5) is 26.1. The first-order chi connectivity index (χ1) is 13.4. The number of carbonyl (C=O) groups excluding carboxylic acids is 2. The van der Waals surface area contributed by atoms with Gasteiger partial charge in [-0.25, -0.2) is 18.5 Å². The number of halogens is 2. The van der Waals surface area contributed by atoms with E-state index >= 15 is 0 Å². The molecule has 0 radical (unpaired) electrons. The van der Waals surface area contributed by atoms with Gasteiger partial charge in [0.2, 0.25) is 5.91 Å². The Hall–Kier alpha value is -3.06. The lowest BCUT2D eigenvalue weighted by Crippen LogP contribution is -2.40. The van der Waals surface area contributed by atoms with Crippen molar-refractivity contribution in [1.29, 1.82) is 0 Å². The van der Waals surface area contributed by atoms with Crippen LogP contribution >= 0.6 is 0 Å². The molecule has 0 unspecified atom stereocenters. The second-order valence-corrected chi connectivity index (χ2v) is 6.52. The van der Waals surface area contributed by atoms with Crippen LogP contribution in [-0.2, 0) is 9.53 Å². The van der Waals surface area contributed by atoms with Gasteiger partial charge in [-0.15, -0.1) is 0 Å². The zero-order valence-electron chi connectivity index (χ0n) is 15.0. The molecule has 1 fully saturated rings. The van der Waals surface area contributed by atoms with Gasteiger partial charge in [0.25, 0.3) is 0 Å². The van der Waals surface area contributed by atoms with E-state index in [0.717, 1.165) is 22.6 Å². The summed E-state index contributed by atoms with van der Waals surface area (Å²) >= 11 is 0. The number of imide groups is 1. The first-order valence-corrected chi connectivity index (χ1v) is 8.71. The van der Waals surface area contributed by atoms with Crippen LogP contribution in [0, 0.1) is 17.6 Å². The average molecular weight is 387 g/mol. The third kappa shape index (κ3) is 3.94. The van der Waals surface area contributed by atoms with E-state index in [-0.39, 0.29) is 24.2 Å². The van der Waals surface area contributed by atoms with Gasteiger partial charge in [0.15, 0.2) is 0 Å². The summed E-state index contributed by atoms with van der Waals surface area (Å²) in [5.41, 5.74) is 0.992. The molecule has 1 saturated heterocycles. The van der Waals surface area contributed by atoms with E-state index in [1.165, 1.54) is 6.07 Å². The third-order valence-corrected chi connectivity index (χ3v) is 4.67. The smallest absolute Gasteiger partial charge is 0.417 e. The Bertz CT molecular complexity index is 901. The first kappa shape index (κ1) is 19.7. The predicted octanol–water partition coefficient (Wildman–Crippen LogP) is 3.70. The highest BCUT2D eigenvalue weighted by Crippen LogP contribution is 2.32. The highest BCUT2D eigenvalue weighted by molar-refractivity contribution is 5.95. The Balaban J connectivity index is 1.80. The van der Waals surface area contributed by atoms with Crippen LogP contribution in [0.3, 0.4) is 0 Å². The van der Waals surface area contributed by atoms with E-state index in [2.05, 4.69) is 6.58 Å². The fraction of sp³-hybridized carbons (Fsp3) is 0.238. The van der Waals surface area contributed by atoms with Crippen molar-refractivity contribution in [2.75, 3.05) is 13.2 Å². The molecule has 28 heavy (non-hydrogen) atoms. The summed E-state index contributed by atoms with van der Waals surface area (Å²) in [6.45, 7) is 3.20. The van der Waals surface area contributed by atoms with Gasteiger partial charge in [-0.3, -0.25) is 4.79 Å². The summed E-state index contributed by atoms with van der Waals surface area (Å²) in [6.07, 6.45) is -0.890. The van der Waals surface area contributed by atoms with Gasteiger partial charge in [-0.1, -0.05) is 36.9 Å². The van der Waals surface area contributed by atoms with Crippen LogP contribution in [0.2, 0.25) is 0 Å². The summed E-state index contributed by atoms with van der Waals surface area (Å²) < 4.78 is 32.1. The Labute approximate surface area is 160 Å². The Kier molecular flexibility index (Phi) is 5.84. The molecular weight excluding hydrogens is 368 g/mol. The standard InChI is InChI=1S/C21H19F2NO4/c1-13(17-8-7-16(22)10-18(17)23)9-15(11-25)20(26)24-19(12-28-21(24)27)14-5-3-2-4-6-14/h2-8,10,15,19,25H,1,9,11-12H2/t15-,19-/m1/s1. The molecule has 1 N–H and O–H groups in total. The number of ether oxygens (including phenoxy) is 1. The molecule has 146 valence electrons. The monoisotopic (exact) mass is 387 g/mol. The molecule has 1 aliphatic heterocycles. The molecule has 0 aliphatic carbocycles. The van der Waals surface area contributed by atoms with E-state index < -0.39 is 42.2 Å². The summed E-state index contributed by atoms with van der Waals surface area (Å²) in [7, 11) is 0. The van der Waals surface area contributed by atoms with E-state index in [4.69, 9.17) is 4.74 Å². The maximum absolute atomic E-state index is 14.0. The zero-order chi connectivity index (χ0) is 20.3. The van der Waals surface area contributed by atoms with E-state index in [0.29, 0.717) is 0 Å². The number of hydrogen-bond donors (Lipinski definition) is 1. The summed E-state index contributed by atoms with van der Waals surface area (Å²) in [6, 6.07) is 11.3. The predicted molar refractivity (Wildman–Crippen MR) is 98.0 cm³/mol. The van der Waals surface area contributed by atoms with Crippen LogP contribution in [0.4, 0.5) is 13.6 Å². The van der Waals surface area contributed by atoms with Gasteiger partial charge in [-0.05, 0) is 29.7 Å². The van der Waals surface area contributed by atoms with Crippen LogP contribution in [0.15, 0.2) is 55.1 Å². The van der Waals surface area contributed by atoms with E-state index in [1.54, 1.807) is 24.3 Å². The minimum absolute atomic E-state index is 0.0142. The van der Waals surface area contributed by atoms with Crippen molar-refractivity contribution in [2.24, 2.45) is 5.92 Å². The molecular formula is C21H19F2NO4. The highest BCUT2D eigenvalue weighted by atomic mass is 19.1. The minimum atomic E-state index is -1.02. The number of aliphatic hydroxyl groups excluding tert-OH is 1. The highest BCUT2D eigenvalue weighted by Gasteiger charge is 2.41. The van der Waals surface area contributed by atoms with Crippen LogP contribution in [0.5, 0.6) is 0 Å². The number of rotatable bonds is 6. The third-order valence-electron chi connectivity index (χ3n) is 4.67. The van der Waals surface area contributed by atoms with E-state index in [1.807, 2.05) is 6.07 Å². The van der Waals surface area contributed by atoms with Crippen LogP contribution in [0.1, 0.15) is 23.6 Å². The van der Waals surface area contributed by atoms with Crippen molar-refractivity contribution >= 4 is 17.6 Å². The second-order valence-electron chi connectivity index (χ2n) is 6.52. The van der Waals surface area contributed by atoms with Gasteiger partial charge in [0, 0.05) is 11.6 Å². The number of amides is 2. The molecule has 1 aliphatic rings. The number of cyclic esters (lactones) is 1. The summed E-state index contributed by atoms with van der Waals surface area (Å²) in [5.74, 6) is -3.19. The van der Waals surface area contributed by atoms with Crippen molar-refractivity contribution in [3.05, 3.63) is 77.9 Å². The molecule has 3 rings (SSSR count). The first-order valence-electron chi connectivity index (χ1n) is 8.71. The van der Waals surface area contributed by atoms with Gasteiger partial charge in [-0.2, -0.15) is 0 Å². The molecule has 5 nitrogen and oxygen atoms in total. The molecule has 2 aromatic rings. The molecule has 2 atom stereocenters. The average Bonchev–Trinajstić information content (AvgIpc) is 3.07. The van der Waals surface area contributed by atoms with Gasteiger partial charge in [0.05, 0.1) is 12.5 Å². The molecule has 0 saturated carbocycles. The molecule has 0 bridgehead atoms. The maximum Gasteiger partial charge on any atom is 0.417 e. The molecule has 2 aromatic carbocycles. The lowest BCUT2D eigenvalue weighted by molar-refractivity contribution is -0.134. The second kappa shape index (κ2) is 8.31. The Morgan fingerprint density at radius 2 is 1.96 bits per heavy atom. The summed E-state index contributed by atoms with van der Waals surface area (Å²) in [5, 5.41) is 9.71. The number of hydrogen-bond acceptors (Lipinski definition) is 4. The molecule has 0 spiro atoms. The molecule has 1 heterocycles. The molecule has 0 aromatic heterocycles. The normalized spacial score (nSPS) is 17.3. The Morgan fingerprint density at radius 1 is 1.25 bits per heavy atom. The van der Waals surface area contributed by atoms with E-state index in [9.17, 15) is 23.5 Å². The van der Waals surface area contributed by atoms with Gasteiger partial charge < -0.3 is 9.84 Å². The van der Waals surface area contributed by atoms with Crippen molar-refractivity contribution in [3.63, 3.8) is 0 Å². The fourth-order valence-corrected chi connectivity index (χ4v) is 3.20. The number of allylic oxidation sites excluding steroid dienone is 1. The van der Waals surface area contributed by atoms with Gasteiger partial charge in [0.1, 0.15) is 24.3 Å². The Morgan fingerprint density at radius 3 is 2.61 bits per heavy atom. The van der Waals surface area contributed by atoms with Crippen LogP contribution in [0.25, 0.3) is 5.57 Å². The number of aliphatic hydroxyl groups is 1. The van der Waals surface area contributed by atoms with Crippen molar-refractivity contribution < 1.29 is 28.2 Å². The maximum atomic E-state index is 14.0. The van der Waals surface area contributed by atoms with Crippen LogP contribution < -0.4 is 0 Å². The van der Waals surface area contributed by atoms with Crippen LogP contribution in [-0.4, -0.2) is 35.2 Å². The number of nitrogens with zero attached hydrogens (tertiary/aromatic N) is 1.